The molecule has 100 valence electrons. The van der Waals surface area contributed by atoms with Gasteiger partial charge in [0.15, 0.2) is 0 Å². The van der Waals surface area contributed by atoms with Gasteiger partial charge in [-0.15, -0.1) is 11.3 Å². The van der Waals surface area contributed by atoms with E-state index in [1.165, 1.54) is 10.4 Å². The summed E-state index contributed by atoms with van der Waals surface area (Å²) in [7, 11) is 0. The number of hydrazine groups is 1. The van der Waals surface area contributed by atoms with Gasteiger partial charge in [-0.1, -0.05) is 13.3 Å². The van der Waals surface area contributed by atoms with Crippen LogP contribution < -0.4 is 11.3 Å². The Morgan fingerprint density at radius 1 is 1.72 bits per heavy atom. The van der Waals surface area contributed by atoms with Gasteiger partial charge >= 0.3 is 0 Å². The molecule has 1 aromatic rings. The topological polar surface area (TPSA) is 58.4 Å². The first-order valence-corrected chi connectivity index (χ1v) is 7.39. The molecule has 1 amide bonds. The Balaban J connectivity index is 2.20. The third-order valence-electron chi connectivity index (χ3n) is 3.73. The summed E-state index contributed by atoms with van der Waals surface area (Å²) in [4.78, 5) is 15.7. The van der Waals surface area contributed by atoms with Crippen molar-refractivity contribution >= 4 is 17.2 Å². The monoisotopic (exact) mass is 267 g/mol. The van der Waals surface area contributed by atoms with Crippen molar-refractivity contribution in [2.24, 2.45) is 5.84 Å². The Labute approximate surface area is 112 Å². The van der Waals surface area contributed by atoms with Gasteiger partial charge in [-0.2, -0.15) is 0 Å². The maximum atomic E-state index is 11.9. The van der Waals surface area contributed by atoms with E-state index in [9.17, 15) is 4.79 Å². The molecule has 1 aromatic heterocycles. The first kappa shape index (κ1) is 13.5. The summed E-state index contributed by atoms with van der Waals surface area (Å²) in [6, 6.07) is 2.37. The van der Waals surface area contributed by atoms with Crippen molar-refractivity contribution < 1.29 is 4.79 Å². The molecular weight excluding hydrogens is 246 g/mol. The number of nitrogens with one attached hydrogen (secondary N) is 1. The summed E-state index contributed by atoms with van der Waals surface area (Å²) >= 11 is 1.82. The smallest absolute Gasteiger partial charge is 0.251 e. The van der Waals surface area contributed by atoms with Crippen LogP contribution in [0.2, 0.25) is 0 Å². The molecule has 5 heteroatoms. The number of amides is 1. The van der Waals surface area contributed by atoms with E-state index >= 15 is 0 Å². The van der Waals surface area contributed by atoms with Gasteiger partial charge in [0.2, 0.25) is 0 Å². The van der Waals surface area contributed by atoms with Gasteiger partial charge in [0, 0.05) is 17.5 Å². The summed E-state index contributed by atoms with van der Waals surface area (Å²) in [5, 5.41) is 2.14. The highest BCUT2D eigenvalue weighted by Gasteiger charge is 2.33. The Bertz CT molecular complexity index is 418. The Hall–Kier alpha value is -0.910. The zero-order valence-electron chi connectivity index (χ0n) is 11.0. The number of carbonyl (C=O) groups excluding carboxylic acids is 1. The zero-order chi connectivity index (χ0) is 13.1. The SMILES string of the molecule is CCCC(C(=O)NN)N1CCc2sccc2C1C. The number of rotatable bonds is 4. The van der Waals surface area contributed by atoms with Crippen molar-refractivity contribution in [2.75, 3.05) is 6.54 Å². The quantitative estimate of drug-likeness (QED) is 0.497. The number of hydrogen-bond donors (Lipinski definition) is 2. The highest BCUT2D eigenvalue weighted by atomic mass is 32.1. The van der Waals surface area contributed by atoms with Crippen molar-refractivity contribution in [1.29, 1.82) is 0 Å². The van der Waals surface area contributed by atoms with Crippen molar-refractivity contribution in [3.8, 4) is 0 Å². The summed E-state index contributed by atoms with van der Waals surface area (Å²) in [5.74, 6) is 5.24. The highest BCUT2D eigenvalue weighted by molar-refractivity contribution is 7.10. The lowest BCUT2D eigenvalue weighted by Gasteiger charge is -2.38. The van der Waals surface area contributed by atoms with Gasteiger partial charge in [-0.25, -0.2) is 5.84 Å². The number of thiophene rings is 1. The van der Waals surface area contributed by atoms with Gasteiger partial charge in [-0.3, -0.25) is 15.1 Å². The van der Waals surface area contributed by atoms with Crippen molar-refractivity contribution in [1.82, 2.24) is 10.3 Å². The minimum atomic E-state index is -0.108. The highest BCUT2D eigenvalue weighted by Crippen LogP contribution is 2.34. The van der Waals surface area contributed by atoms with E-state index in [0.29, 0.717) is 6.04 Å². The van der Waals surface area contributed by atoms with Gasteiger partial charge in [0.05, 0.1) is 6.04 Å². The molecule has 2 atom stereocenters. The van der Waals surface area contributed by atoms with E-state index in [-0.39, 0.29) is 11.9 Å². The Morgan fingerprint density at radius 2 is 2.50 bits per heavy atom. The average molecular weight is 267 g/mol. The average Bonchev–Trinajstić information content (AvgIpc) is 2.85. The van der Waals surface area contributed by atoms with Crippen LogP contribution in [0.15, 0.2) is 11.4 Å². The summed E-state index contributed by atoms with van der Waals surface area (Å²) in [5.41, 5.74) is 3.68. The summed E-state index contributed by atoms with van der Waals surface area (Å²) in [6.45, 7) is 5.21. The van der Waals surface area contributed by atoms with Gasteiger partial charge < -0.3 is 0 Å². The number of fused-ring (bicyclic) bond motifs is 1. The predicted molar refractivity (Wildman–Crippen MR) is 74.2 cm³/mol. The van der Waals surface area contributed by atoms with E-state index in [4.69, 9.17) is 5.84 Å². The van der Waals surface area contributed by atoms with Crippen LogP contribution in [0.25, 0.3) is 0 Å². The molecule has 3 N–H and O–H groups in total. The van der Waals surface area contributed by atoms with E-state index in [2.05, 4.69) is 35.6 Å². The number of carbonyl (C=O) groups is 1. The fourth-order valence-electron chi connectivity index (χ4n) is 2.77. The first-order valence-electron chi connectivity index (χ1n) is 6.51. The molecular formula is C13H21N3OS. The fraction of sp³-hybridized carbons (Fsp3) is 0.615. The van der Waals surface area contributed by atoms with Crippen LogP contribution in [0.1, 0.15) is 43.2 Å². The van der Waals surface area contributed by atoms with Crippen molar-refractivity contribution in [3.05, 3.63) is 21.9 Å². The lowest BCUT2D eigenvalue weighted by atomic mass is 9.97. The van der Waals surface area contributed by atoms with Crippen LogP contribution >= 0.6 is 11.3 Å². The van der Waals surface area contributed by atoms with Gasteiger partial charge in [0.1, 0.15) is 0 Å². The minimum absolute atomic E-state index is 0.0672. The molecule has 2 rings (SSSR count). The maximum Gasteiger partial charge on any atom is 0.251 e. The molecule has 1 aliphatic rings. The van der Waals surface area contributed by atoms with E-state index in [1.807, 2.05) is 11.3 Å². The zero-order valence-corrected chi connectivity index (χ0v) is 11.8. The largest absolute Gasteiger partial charge is 0.293 e. The van der Waals surface area contributed by atoms with E-state index in [0.717, 1.165) is 25.8 Å². The second-order valence-electron chi connectivity index (χ2n) is 4.78. The number of hydrogen-bond acceptors (Lipinski definition) is 4. The third-order valence-corrected chi connectivity index (χ3v) is 4.73. The van der Waals surface area contributed by atoms with E-state index < -0.39 is 0 Å². The molecule has 4 nitrogen and oxygen atoms in total. The summed E-state index contributed by atoms with van der Waals surface area (Å²) < 4.78 is 0. The van der Waals surface area contributed by atoms with Crippen LogP contribution in [0.5, 0.6) is 0 Å². The molecule has 0 fully saturated rings. The Kier molecular flexibility index (Phi) is 4.37. The van der Waals surface area contributed by atoms with Crippen LogP contribution in [-0.2, 0) is 11.2 Å². The molecule has 0 saturated heterocycles. The van der Waals surface area contributed by atoms with E-state index in [1.54, 1.807) is 0 Å². The lowest BCUT2D eigenvalue weighted by molar-refractivity contribution is -0.128. The van der Waals surface area contributed by atoms with Gasteiger partial charge in [-0.05, 0) is 36.8 Å². The van der Waals surface area contributed by atoms with Crippen LogP contribution in [0.3, 0.4) is 0 Å². The molecule has 18 heavy (non-hydrogen) atoms. The molecule has 0 radical (unpaired) electrons. The van der Waals surface area contributed by atoms with Gasteiger partial charge in [0.25, 0.3) is 5.91 Å². The third kappa shape index (κ3) is 2.43. The molecule has 0 bridgehead atoms. The molecule has 0 spiro atoms. The maximum absolute atomic E-state index is 11.9. The lowest BCUT2D eigenvalue weighted by Crippen LogP contribution is -2.51. The second-order valence-corrected chi connectivity index (χ2v) is 5.78. The molecule has 2 unspecified atom stereocenters. The van der Waals surface area contributed by atoms with Crippen LogP contribution in [0.4, 0.5) is 0 Å². The molecule has 2 heterocycles. The van der Waals surface area contributed by atoms with Crippen molar-refractivity contribution in [2.45, 2.75) is 45.2 Å². The van der Waals surface area contributed by atoms with Crippen molar-refractivity contribution in [3.63, 3.8) is 0 Å². The van der Waals surface area contributed by atoms with Crippen LogP contribution in [0, 0.1) is 0 Å². The fourth-order valence-corrected chi connectivity index (χ4v) is 3.73. The normalized spacial score (nSPS) is 21.4. The molecule has 0 saturated carbocycles. The molecule has 0 aromatic carbocycles. The minimum Gasteiger partial charge on any atom is -0.293 e. The first-order chi connectivity index (χ1) is 8.69. The second kappa shape index (κ2) is 5.82. The van der Waals surface area contributed by atoms with Crippen LogP contribution in [-0.4, -0.2) is 23.4 Å². The molecule has 1 aliphatic heterocycles. The predicted octanol–water partition coefficient (Wildman–Crippen LogP) is 1.83. The summed E-state index contributed by atoms with van der Waals surface area (Å²) in [6.07, 6.45) is 2.88. The number of nitrogens with zero attached hydrogens (tertiary/aromatic N) is 1. The standard InChI is InChI=1S/C13H21N3OS/c1-3-4-11(13(17)15-14)16-7-5-12-10(9(16)2)6-8-18-12/h6,8-9,11H,3-5,7,14H2,1-2H3,(H,15,17). The molecule has 0 aliphatic carbocycles. The Morgan fingerprint density at radius 3 is 3.17 bits per heavy atom. The number of nitrogens with two attached hydrogens (primary N) is 1.